The standard InChI is InChI=1S/C20H20N6O6/c1-3-31-16-9-13(14(26(28)29)10-15(16)30-2)18(27)32-11-17-23-19(21)25-20(24-17)22-12-7-5-4-6-8-12/h4-10H,3,11H2,1-2H3,(H3,21,22,23,24,25). The number of anilines is 3. The number of nitrogens with two attached hydrogens (primary N) is 1. The van der Waals surface area contributed by atoms with Gasteiger partial charge in [0, 0.05) is 11.8 Å². The summed E-state index contributed by atoms with van der Waals surface area (Å²) in [6, 6.07) is 11.4. The summed E-state index contributed by atoms with van der Waals surface area (Å²) < 4.78 is 15.7. The van der Waals surface area contributed by atoms with Crippen molar-refractivity contribution in [2.24, 2.45) is 0 Å². The van der Waals surface area contributed by atoms with Crippen molar-refractivity contribution in [3.05, 3.63) is 64.0 Å². The SMILES string of the molecule is CCOc1cc(C(=O)OCc2nc(N)nc(Nc3ccccc3)n2)c([N+](=O)[O-])cc1OC. The number of aromatic nitrogens is 3. The Morgan fingerprint density at radius 2 is 1.91 bits per heavy atom. The van der Waals surface area contributed by atoms with Crippen LogP contribution in [0.3, 0.4) is 0 Å². The maximum absolute atomic E-state index is 12.6. The molecular formula is C20H20N6O6. The minimum atomic E-state index is -0.961. The number of para-hydroxylation sites is 1. The summed E-state index contributed by atoms with van der Waals surface area (Å²) in [5.41, 5.74) is 5.65. The van der Waals surface area contributed by atoms with E-state index in [2.05, 4.69) is 20.3 Å². The van der Waals surface area contributed by atoms with Gasteiger partial charge in [-0.3, -0.25) is 10.1 Å². The first kappa shape index (κ1) is 22.2. The van der Waals surface area contributed by atoms with Crippen molar-refractivity contribution in [1.29, 1.82) is 0 Å². The molecule has 1 heterocycles. The summed E-state index contributed by atoms with van der Waals surface area (Å²) in [6.45, 7) is 1.61. The van der Waals surface area contributed by atoms with Crippen molar-refractivity contribution in [2.45, 2.75) is 13.5 Å². The molecule has 0 unspecified atom stereocenters. The van der Waals surface area contributed by atoms with E-state index >= 15 is 0 Å². The summed E-state index contributed by atoms with van der Waals surface area (Å²) in [4.78, 5) is 35.4. The molecule has 0 aliphatic carbocycles. The Kier molecular flexibility index (Phi) is 6.95. The van der Waals surface area contributed by atoms with Crippen LogP contribution in [0.25, 0.3) is 0 Å². The van der Waals surface area contributed by atoms with Gasteiger partial charge in [0.2, 0.25) is 11.9 Å². The van der Waals surface area contributed by atoms with E-state index in [4.69, 9.17) is 19.9 Å². The van der Waals surface area contributed by atoms with Crippen molar-refractivity contribution in [2.75, 3.05) is 24.8 Å². The molecule has 12 heteroatoms. The van der Waals surface area contributed by atoms with Crippen molar-refractivity contribution >= 4 is 29.2 Å². The van der Waals surface area contributed by atoms with E-state index in [1.54, 1.807) is 19.1 Å². The molecular weight excluding hydrogens is 420 g/mol. The Balaban J connectivity index is 1.81. The quantitative estimate of drug-likeness (QED) is 0.285. The number of nitrogens with one attached hydrogen (secondary N) is 1. The van der Waals surface area contributed by atoms with Crippen molar-refractivity contribution in [1.82, 2.24) is 15.0 Å². The second-order valence-corrected chi connectivity index (χ2v) is 6.21. The smallest absolute Gasteiger partial charge is 0.345 e. The van der Waals surface area contributed by atoms with E-state index in [9.17, 15) is 14.9 Å². The van der Waals surface area contributed by atoms with Crippen LogP contribution in [0, 0.1) is 10.1 Å². The number of benzene rings is 2. The van der Waals surface area contributed by atoms with Gasteiger partial charge in [-0.2, -0.15) is 15.0 Å². The Labute approximate surface area is 182 Å². The fraction of sp³-hybridized carbons (Fsp3) is 0.200. The molecule has 0 aliphatic rings. The molecule has 3 N–H and O–H groups in total. The molecule has 0 saturated carbocycles. The lowest BCUT2D eigenvalue weighted by molar-refractivity contribution is -0.385. The molecule has 0 atom stereocenters. The van der Waals surface area contributed by atoms with Gasteiger partial charge in [-0.25, -0.2) is 4.79 Å². The second kappa shape index (κ2) is 10.0. The van der Waals surface area contributed by atoms with Crippen molar-refractivity contribution in [3.8, 4) is 11.5 Å². The Bertz CT molecular complexity index is 1130. The van der Waals surface area contributed by atoms with Crippen LogP contribution in [0.2, 0.25) is 0 Å². The minimum Gasteiger partial charge on any atom is -0.493 e. The number of nitro benzene ring substituents is 1. The summed E-state index contributed by atoms with van der Waals surface area (Å²) in [6.07, 6.45) is 0. The molecule has 0 bridgehead atoms. The first-order chi connectivity index (χ1) is 15.4. The van der Waals surface area contributed by atoms with E-state index in [0.29, 0.717) is 0 Å². The Morgan fingerprint density at radius 1 is 1.16 bits per heavy atom. The van der Waals surface area contributed by atoms with Gasteiger partial charge in [0.05, 0.1) is 24.7 Å². The maximum atomic E-state index is 12.6. The Morgan fingerprint density at radius 3 is 2.56 bits per heavy atom. The average Bonchev–Trinajstić information content (AvgIpc) is 2.77. The molecule has 166 valence electrons. The molecule has 0 amide bonds. The maximum Gasteiger partial charge on any atom is 0.345 e. The number of carbonyl (C=O) groups excluding carboxylic acids is 1. The monoisotopic (exact) mass is 440 g/mol. The predicted molar refractivity (Wildman–Crippen MR) is 114 cm³/mol. The fourth-order valence-corrected chi connectivity index (χ4v) is 2.71. The van der Waals surface area contributed by atoms with Gasteiger partial charge in [0.1, 0.15) is 5.56 Å². The number of nitro groups is 1. The molecule has 3 aromatic rings. The number of esters is 1. The summed E-state index contributed by atoms with van der Waals surface area (Å²) >= 11 is 0. The van der Waals surface area contributed by atoms with Crippen LogP contribution in [0.15, 0.2) is 42.5 Å². The molecule has 1 aromatic heterocycles. The first-order valence-corrected chi connectivity index (χ1v) is 9.40. The molecule has 32 heavy (non-hydrogen) atoms. The number of ether oxygens (including phenoxy) is 3. The van der Waals surface area contributed by atoms with Gasteiger partial charge < -0.3 is 25.3 Å². The van der Waals surface area contributed by atoms with E-state index in [-0.39, 0.29) is 48.0 Å². The third kappa shape index (κ3) is 5.36. The number of nitrogen functional groups attached to an aromatic ring is 1. The van der Waals surface area contributed by atoms with E-state index in [1.165, 1.54) is 13.2 Å². The molecule has 0 radical (unpaired) electrons. The van der Waals surface area contributed by atoms with Crippen LogP contribution >= 0.6 is 0 Å². The average molecular weight is 440 g/mol. The Hall–Kier alpha value is -4.48. The van der Waals surface area contributed by atoms with E-state index < -0.39 is 16.6 Å². The molecule has 0 spiro atoms. The molecule has 0 fully saturated rings. The van der Waals surface area contributed by atoms with Crippen LogP contribution in [0.4, 0.5) is 23.3 Å². The molecule has 0 aliphatic heterocycles. The number of hydrogen-bond acceptors (Lipinski definition) is 11. The number of rotatable bonds is 9. The van der Waals surface area contributed by atoms with Crippen molar-refractivity contribution < 1.29 is 23.9 Å². The van der Waals surface area contributed by atoms with E-state index in [0.717, 1.165) is 11.8 Å². The van der Waals surface area contributed by atoms with Crippen LogP contribution in [0.5, 0.6) is 11.5 Å². The van der Waals surface area contributed by atoms with Gasteiger partial charge in [0.25, 0.3) is 5.69 Å². The topological polar surface area (TPSA) is 165 Å². The first-order valence-electron chi connectivity index (χ1n) is 9.40. The molecule has 2 aromatic carbocycles. The van der Waals surface area contributed by atoms with Crippen LogP contribution in [-0.4, -0.2) is 39.6 Å². The number of nitrogens with zero attached hydrogens (tertiary/aromatic N) is 4. The van der Waals surface area contributed by atoms with Gasteiger partial charge in [0.15, 0.2) is 23.9 Å². The molecule has 0 saturated heterocycles. The van der Waals surface area contributed by atoms with Crippen LogP contribution in [0.1, 0.15) is 23.1 Å². The largest absolute Gasteiger partial charge is 0.493 e. The predicted octanol–water partition coefficient (Wildman–Crippen LogP) is 2.87. The zero-order valence-electron chi connectivity index (χ0n) is 17.3. The highest BCUT2D eigenvalue weighted by atomic mass is 16.6. The normalized spacial score (nSPS) is 10.3. The number of hydrogen-bond donors (Lipinski definition) is 2. The molecule has 3 rings (SSSR count). The zero-order chi connectivity index (χ0) is 23.1. The van der Waals surface area contributed by atoms with Gasteiger partial charge >= 0.3 is 5.97 Å². The summed E-state index contributed by atoms with van der Waals surface area (Å²) in [7, 11) is 1.34. The summed E-state index contributed by atoms with van der Waals surface area (Å²) in [5.74, 6) is -0.534. The molecule has 12 nitrogen and oxygen atoms in total. The highest BCUT2D eigenvalue weighted by Gasteiger charge is 2.26. The minimum absolute atomic E-state index is 0.0606. The highest BCUT2D eigenvalue weighted by molar-refractivity contribution is 5.95. The summed E-state index contributed by atoms with van der Waals surface area (Å²) in [5, 5.41) is 14.4. The second-order valence-electron chi connectivity index (χ2n) is 6.21. The third-order valence-electron chi connectivity index (χ3n) is 4.06. The highest BCUT2D eigenvalue weighted by Crippen LogP contribution is 2.35. The lowest BCUT2D eigenvalue weighted by atomic mass is 10.1. The number of methoxy groups -OCH3 is 1. The van der Waals surface area contributed by atoms with Gasteiger partial charge in [-0.05, 0) is 19.1 Å². The zero-order valence-corrected chi connectivity index (χ0v) is 17.3. The van der Waals surface area contributed by atoms with Crippen LogP contribution in [-0.2, 0) is 11.3 Å². The van der Waals surface area contributed by atoms with Crippen LogP contribution < -0.4 is 20.5 Å². The lowest BCUT2D eigenvalue weighted by Crippen LogP contribution is -2.13. The lowest BCUT2D eigenvalue weighted by Gasteiger charge is -2.12. The fourth-order valence-electron chi connectivity index (χ4n) is 2.71. The number of carbonyl (C=O) groups is 1. The third-order valence-corrected chi connectivity index (χ3v) is 4.06. The van der Waals surface area contributed by atoms with Gasteiger partial charge in [-0.1, -0.05) is 18.2 Å². The van der Waals surface area contributed by atoms with E-state index in [1.807, 2.05) is 18.2 Å². The van der Waals surface area contributed by atoms with Gasteiger partial charge in [-0.15, -0.1) is 0 Å². The van der Waals surface area contributed by atoms with Crippen molar-refractivity contribution in [3.63, 3.8) is 0 Å².